The number of alkyl halides is 9. The molecule has 0 unspecified atom stereocenters. The second-order valence-corrected chi connectivity index (χ2v) is 24.9. The molecule has 3 aliphatic rings. The molecule has 92 heavy (non-hydrogen) atoms. The number of carboxylic acid groups (broad SMARTS) is 1. The van der Waals surface area contributed by atoms with E-state index in [0.29, 0.717) is 35.6 Å². The normalized spacial score (nSPS) is 13.3. The van der Waals surface area contributed by atoms with Gasteiger partial charge in [-0.15, -0.1) is 34.0 Å². The minimum atomic E-state index is -4.35. The zero-order valence-corrected chi connectivity index (χ0v) is 53.6. The molecule has 3 N–H and O–H groups in total. The Morgan fingerprint density at radius 1 is 0.522 bits per heavy atom. The molecule has 0 aliphatic carbocycles. The van der Waals surface area contributed by atoms with Crippen LogP contribution in [0.3, 0.4) is 0 Å². The number of halogens is 10. The Hall–Kier alpha value is -7.41. The van der Waals surface area contributed by atoms with Crippen molar-refractivity contribution in [3.05, 3.63) is 215 Å². The molecule has 3 aliphatic heterocycles. The number of hydrogen-bond donors (Lipinski definition) is 2. The zero-order chi connectivity index (χ0) is 64.3. The third kappa shape index (κ3) is 19.6. The van der Waals surface area contributed by atoms with Gasteiger partial charge in [0, 0.05) is 92.6 Å². The maximum absolute atomic E-state index is 12.8. The largest absolute Gasteiger partial charge is 1.00 e. The van der Waals surface area contributed by atoms with Crippen LogP contribution < -0.4 is 34.0 Å². The van der Waals surface area contributed by atoms with Crippen LogP contribution in [0.15, 0.2) is 150 Å². The number of methoxy groups -OCH3 is 2. The molecule has 27 heteroatoms. The van der Waals surface area contributed by atoms with Gasteiger partial charge in [-0.05, 0) is 89.5 Å². The summed E-state index contributed by atoms with van der Waals surface area (Å²) in [5.74, 6) is -1.36. The minimum absolute atomic E-state index is 0. The summed E-state index contributed by atoms with van der Waals surface area (Å²) < 4.78 is 124. The number of esters is 2. The number of nitrogens with one attached hydrogen (secondary N) is 1. The number of fused-ring (bicyclic) bond motifs is 3. The monoisotopic (exact) mass is 1390 g/mol. The van der Waals surface area contributed by atoms with Gasteiger partial charge in [-0.25, -0.2) is 15.0 Å². The number of aromatic nitrogens is 3. The second-order valence-electron chi connectivity index (χ2n) is 20.7. The topological polar surface area (TPSA) is 177 Å². The van der Waals surface area contributed by atoms with Gasteiger partial charge in [0.2, 0.25) is 0 Å². The Morgan fingerprint density at radius 3 is 1.24 bits per heavy atom. The van der Waals surface area contributed by atoms with Gasteiger partial charge >= 0.3 is 55.3 Å². The Morgan fingerprint density at radius 2 is 0.880 bits per heavy atom. The molecule has 0 saturated heterocycles. The first kappa shape index (κ1) is 72.0. The maximum Gasteiger partial charge on any atom is 1.00 e. The second kappa shape index (κ2) is 31.9. The first-order valence-electron chi connectivity index (χ1n) is 27.9. The summed E-state index contributed by atoms with van der Waals surface area (Å²) in [6.45, 7) is 4.56. The summed E-state index contributed by atoms with van der Waals surface area (Å²) in [4.78, 5) is 54.9. The van der Waals surface area contributed by atoms with E-state index in [0.717, 1.165) is 157 Å². The van der Waals surface area contributed by atoms with E-state index in [1.165, 1.54) is 78.2 Å². The summed E-state index contributed by atoms with van der Waals surface area (Å²) in [6, 6.07) is 38.3. The van der Waals surface area contributed by atoms with Crippen LogP contribution in [0.2, 0.25) is 0 Å². The van der Waals surface area contributed by atoms with E-state index in [2.05, 4.69) is 50.7 Å². The van der Waals surface area contributed by atoms with Crippen molar-refractivity contribution in [2.75, 3.05) is 43.7 Å². The van der Waals surface area contributed by atoms with Crippen LogP contribution in [0.1, 0.15) is 65.1 Å². The maximum atomic E-state index is 12.8. The van der Waals surface area contributed by atoms with E-state index in [1.807, 2.05) is 66.7 Å². The standard InChI is InChI=1S/C22H19F3N2O2S.C21H17F3N2O2S.C13H11F3N2S.C9H9BrO2.Li.H2O/c1-29-20(28)12-14-3-2-4-17(11-14)27-10-9-18-19(13-27)30-21(26-18)15-5-7-16(8-6-15)22(23,24)25;22-21(23,24)15-6-4-14(5-7-15)20-25-17-8-9-26(12-18(17)29-20)16-3-1-2-13(10-16)11-19(27)28;14-13(15,16)9-3-1-8(2-4-9)12-18-10-5-6-17-7-11(10)19-12;1-12-9(11)6-7-3-2-4-8(10)5-7;;/h2-8,11H,9-10,12-13H2,1H3;1-7,10H,8-9,11-12H2,(H,27,28);1-4,17H,5-7H2;2-5H,6H2,1H3;;1H2/q;;;;+1;/p-1. The van der Waals surface area contributed by atoms with Gasteiger partial charge in [0.15, 0.2) is 0 Å². The minimum Gasteiger partial charge on any atom is -0.870 e. The molecule has 3 aromatic heterocycles. The van der Waals surface area contributed by atoms with Gasteiger partial charge in [0.1, 0.15) is 15.0 Å². The van der Waals surface area contributed by atoms with Crippen molar-refractivity contribution in [1.29, 1.82) is 0 Å². The van der Waals surface area contributed by atoms with Crippen molar-refractivity contribution >= 4 is 79.2 Å². The van der Waals surface area contributed by atoms with Crippen LogP contribution in [0, 0.1) is 0 Å². The van der Waals surface area contributed by atoms with Gasteiger partial charge < -0.3 is 35.2 Å². The van der Waals surface area contributed by atoms with Crippen LogP contribution in [-0.2, 0) is 101 Å². The quantitative estimate of drug-likeness (QED) is 0.0711. The molecule has 478 valence electrons. The van der Waals surface area contributed by atoms with E-state index in [1.54, 1.807) is 17.4 Å². The number of thiazole rings is 3. The number of ether oxygens (including phenoxy) is 2. The fourth-order valence-corrected chi connectivity index (χ4v) is 13.5. The van der Waals surface area contributed by atoms with Gasteiger partial charge in [-0.2, -0.15) is 39.5 Å². The average Bonchev–Trinajstić information content (AvgIpc) is 1.66. The Kier molecular flexibility index (Phi) is 25.0. The van der Waals surface area contributed by atoms with E-state index in [-0.39, 0.29) is 49.1 Å². The first-order chi connectivity index (χ1) is 42.9. The zero-order valence-electron chi connectivity index (χ0n) is 49.5. The van der Waals surface area contributed by atoms with Crippen molar-refractivity contribution in [3.63, 3.8) is 0 Å². The molecule has 6 aromatic carbocycles. The smallest absolute Gasteiger partial charge is 0.870 e. The number of rotatable bonds is 11. The fraction of sp³-hybridized carbons (Fsp3) is 0.262. The number of anilines is 2. The van der Waals surface area contributed by atoms with Crippen molar-refractivity contribution in [2.24, 2.45) is 0 Å². The molecule has 0 radical (unpaired) electrons. The average molecular weight is 1390 g/mol. The molecule has 12 rings (SSSR count). The molecular weight excluding hydrogens is 1330 g/mol. The predicted octanol–water partition coefficient (Wildman–Crippen LogP) is 12.6. The summed E-state index contributed by atoms with van der Waals surface area (Å²) in [5, 5.41) is 14.5. The Balaban J connectivity index is 0.000000181. The fourth-order valence-electron chi connectivity index (χ4n) is 9.76. The number of nitrogens with zero attached hydrogens (tertiary/aromatic N) is 5. The third-order valence-electron chi connectivity index (χ3n) is 14.4. The summed E-state index contributed by atoms with van der Waals surface area (Å²) >= 11 is 7.87. The van der Waals surface area contributed by atoms with Gasteiger partial charge in [-0.1, -0.05) is 88.7 Å². The van der Waals surface area contributed by atoms with Gasteiger partial charge in [0.25, 0.3) is 0 Å². The number of hydrogen-bond acceptors (Lipinski definition) is 15. The van der Waals surface area contributed by atoms with Crippen molar-refractivity contribution in [2.45, 2.75) is 76.7 Å². The Labute approximate surface area is 555 Å². The van der Waals surface area contributed by atoms with Gasteiger partial charge in [-0.3, -0.25) is 14.4 Å². The summed E-state index contributed by atoms with van der Waals surface area (Å²) in [7, 11) is 2.76. The Bertz CT molecular complexity index is 3940. The molecular formula is C65H57BrF9LiN6O7S3. The molecule has 0 bridgehead atoms. The number of carbonyl (C=O) groups excluding carboxylic acids is 2. The van der Waals surface area contributed by atoms with Crippen molar-refractivity contribution in [1.82, 2.24) is 20.3 Å². The first-order valence-corrected chi connectivity index (χ1v) is 31.1. The van der Waals surface area contributed by atoms with Crippen LogP contribution in [0.25, 0.3) is 31.7 Å². The molecule has 9 aromatic rings. The van der Waals surface area contributed by atoms with Crippen molar-refractivity contribution < 1.29 is 92.8 Å². The SMILES string of the molecule is COC(=O)Cc1cccc(Br)c1.COC(=O)Cc1cccc(N2CCc3nc(-c4ccc(C(F)(F)F)cc4)sc3C2)c1.FC(F)(F)c1ccc(-c2nc3c(s2)CNCC3)cc1.O=C(O)Cc1cccc(N2CCc3nc(-c4ccc(C(F)(F)F)cc4)sc3C2)c1.[Li+].[OH-]. The van der Waals surface area contributed by atoms with Crippen LogP contribution in [0.4, 0.5) is 50.9 Å². The molecule has 0 saturated carbocycles. The molecule has 6 heterocycles. The summed E-state index contributed by atoms with van der Waals surface area (Å²) in [5.41, 5.74) is 7.75. The van der Waals surface area contributed by atoms with E-state index < -0.39 is 41.2 Å². The molecule has 0 amide bonds. The predicted molar refractivity (Wildman–Crippen MR) is 334 cm³/mol. The number of aliphatic carboxylic acids is 1. The van der Waals surface area contributed by atoms with Crippen LogP contribution in [0.5, 0.6) is 0 Å². The van der Waals surface area contributed by atoms with Crippen LogP contribution >= 0.6 is 49.9 Å². The molecule has 0 fully saturated rings. The van der Waals surface area contributed by atoms with Crippen LogP contribution in [-0.4, -0.2) is 77.3 Å². The summed E-state index contributed by atoms with van der Waals surface area (Å²) in [6.07, 6.45) is -10.1. The molecule has 0 spiro atoms. The van der Waals surface area contributed by atoms with Gasteiger partial charge in [0.05, 0.1) is 80.3 Å². The molecule has 13 nitrogen and oxygen atoms in total. The number of carboxylic acids is 1. The number of benzene rings is 6. The number of carbonyl (C=O) groups is 3. The van der Waals surface area contributed by atoms with Crippen molar-refractivity contribution in [3.8, 4) is 31.7 Å². The van der Waals surface area contributed by atoms with E-state index in [9.17, 15) is 53.9 Å². The third-order valence-corrected chi connectivity index (χ3v) is 18.3. The van der Waals surface area contributed by atoms with E-state index in [4.69, 9.17) is 9.84 Å². The molecule has 0 atom stereocenters. The van der Waals surface area contributed by atoms with E-state index >= 15 is 0 Å².